The Bertz CT molecular complexity index is 198. The molecule has 0 radical (unpaired) electrons. The third kappa shape index (κ3) is 11.0. The molecule has 0 aromatic rings. The quantitative estimate of drug-likeness (QED) is 0.370. The number of ether oxygens (including phenoxy) is 1. The molecule has 0 N–H and O–H groups in total. The Morgan fingerprint density at radius 2 is 1.79 bits per heavy atom. The van der Waals surface area contributed by atoms with Gasteiger partial charge in [0.25, 0.3) is 0 Å². The first kappa shape index (κ1) is 13.0. The molecule has 80 valence electrons. The Morgan fingerprint density at radius 1 is 1.14 bits per heavy atom. The standard InChI is InChI=1S/C12H20O2/c1-3-4-5-6-7-8-9-10-11-14-12(2)13/h3-9H2,1-2H3. The molecule has 2 nitrogen and oxygen atoms in total. The number of esters is 1. The van der Waals surface area contributed by atoms with Crippen molar-refractivity contribution in [2.45, 2.75) is 58.8 Å². The first-order valence-corrected chi connectivity index (χ1v) is 5.42. The lowest BCUT2D eigenvalue weighted by Gasteiger charge is -1.96. The van der Waals surface area contributed by atoms with Crippen LogP contribution in [-0.2, 0) is 9.53 Å². The number of hydrogen-bond acceptors (Lipinski definition) is 2. The van der Waals surface area contributed by atoms with Crippen LogP contribution in [0.3, 0.4) is 0 Å². The molecule has 14 heavy (non-hydrogen) atoms. The molecular formula is C12H20O2. The third-order valence-electron chi connectivity index (χ3n) is 1.92. The van der Waals surface area contributed by atoms with Crippen molar-refractivity contribution in [3.63, 3.8) is 0 Å². The highest BCUT2D eigenvalue weighted by Crippen LogP contribution is 2.05. The molecule has 0 aliphatic carbocycles. The fourth-order valence-corrected chi connectivity index (χ4v) is 1.15. The summed E-state index contributed by atoms with van der Waals surface area (Å²) in [4.78, 5) is 10.3. The Labute approximate surface area is 87.0 Å². The van der Waals surface area contributed by atoms with Gasteiger partial charge in [-0.05, 0) is 6.42 Å². The van der Waals surface area contributed by atoms with E-state index in [0.717, 1.165) is 12.8 Å². The molecule has 0 rings (SSSR count). The maximum absolute atomic E-state index is 10.3. The van der Waals surface area contributed by atoms with Crippen LogP contribution < -0.4 is 0 Å². The van der Waals surface area contributed by atoms with Crippen molar-refractivity contribution < 1.29 is 9.53 Å². The molecule has 0 heterocycles. The van der Waals surface area contributed by atoms with Crippen LogP contribution in [-0.4, -0.2) is 5.97 Å². The molecule has 0 aromatic carbocycles. The van der Waals surface area contributed by atoms with Crippen LogP contribution in [0.25, 0.3) is 0 Å². The predicted molar refractivity (Wildman–Crippen MR) is 57.5 cm³/mol. The zero-order valence-electron chi connectivity index (χ0n) is 9.27. The number of rotatable bonds is 6. The van der Waals surface area contributed by atoms with Crippen molar-refractivity contribution in [1.29, 1.82) is 0 Å². The van der Waals surface area contributed by atoms with E-state index in [1.54, 1.807) is 0 Å². The SMILES string of the molecule is CCCCCCCCC#COC(C)=O. The van der Waals surface area contributed by atoms with E-state index in [2.05, 4.69) is 23.7 Å². The molecule has 0 atom stereocenters. The zero-order chi connectivity index (χ0) is 10.6. The summed E-state index contributed by atoms with van der Waals surface area (Å²) in [7, 11) is 0. The minimum Gasteiger partial charge on any atom is -0.372 e. The van der Waals surface area contributed by atoms with Crippen molar-refractivity contribution in [3.8, 4) is 12.0 Å². The second-order valence-electron chi connectivity index (χ2n) is 3.39. The minimum atomic E-state index is -0.333. The maximum Gasteiger partial charge on any atom is 0.316 e. The molecule has 0 amide bonds. The van der Waals surface area contributed by atoms with Crippen molar-refractivity contribution in [1.82, 2.24) is 0 Å². The molecule has 0 fully saturated rings. The smallest absolute Gasteiger partial charge is 0.316 e. The van der Waals surface area contributed by atoms with Gasteiger partial charge < -0.3 is 4.74 Å². The second kappa shape index (κ2) is 10.1. The lowest BCUT2D eigenvalue weighted by atomic mass is 10.1. The van der Waals surface area contributed by atoms with Gasteiger partial charge in [0.2, 0.25) is 0 Å². The summed E-state index contributed by atoms with van der Waals surface area (Å²) in [5.41, 5.74) is 0. The summed E-state index contributed by atoms with van der Waals surface area (Å²) in [5, 5.41) is 0. The van der Waals surface area contributed by atoms with Gasteiger partial charge in [-0.1, -0.05) is 44.9 Å². The number of carbonyl (C=O) groups is 1. The van der Waals surface area contributed by atoms with Crippen molar-refractivity contribution in [2.75, 3.05) is 0 Å². The highest BCUT2D eigenvalue weighted by atomic mass is 16.5. The molecule has 0 aromatic heterocycles. The van der Waals surface area contributed by atoms with E-state index < -0.39 is 0 Å². The molecule has 0 spiro atoms. The highest BCUT2D eigenvalue weighted by molar-refractivity contribution is 5.67. The molecule has 2 heteroatoms. The Balaban J connectivity index is 3.11. The van der Waals surface area contributed by atoms with Gasteiger partial charge in [0.05, 0.1) is 0 Å². The average molecular weight is 196 g/mol. The van der Waals surface area contributed by atoms with Gasteiger partial charge >= 0.3 is 5.97 Å². The molecule has 0 saturated heterocycles. The number of hydrogen-bond donors (Lipinski definition) is 0. The van der Waals surface area contributed by atoms with Crippen LogP contribution in [0.1, 0.15) is 58.8 Å². The molecule has 0 saturated carbocycles. The van der Waals surface area contributed by atoms with Crippen LogP contribution in [0.15, 0.2) is 0 Å². The van der Waals surface area contributed by atoms with Crippen LogP contribution >= 0.6 is 0 Å². The highest BCUT2D eigenvalue weighted by Gasteiger charge is 1.88. The number of unbranched alkanes of at least 4 members (excludes halogenated alkanes) is 6. The Morgan fingerprint density at radius 3 is 2.43 bits per heavy atom. The molecule has 0 unspecified atom stereocenters. The van der Waals surface area contributed by atoms with E-state index in [-0.39, 0.29) is 5.97 Å². The van der Waals surface area contributed by atoms with Crippen LogP contribution in [0, 0.1) is 12.0 Å². The normalized spacial score (nSPS) is 9.00. The Hall–Kier alpha value is -0.970. The van der Waals surface area contributed by atoms with Gasteiger partial charge in [-0.2, -0.15) is 0 Å². The van der Waals surface area contributed by atoms with Gasteiger partial charge in [0, 0.05) is 13.3 Å². The molecule has 0 bridgehead atoms. The average Bonchev–Trinajstić information content (AvgIpc) is 2.15. The van der Waals surface area contributed by atoms with Gasteiger partial charge in [0.15, 0.2) is 0 Å². The third-order valence-corrected chi connectivity index (χ3v) is 1.92. The fraction of sp³-hybridized carbons (Fsp3) is 0.750. The van der Waals surface area contributed by atoms with E-state index in [0.29, 0.717) is 0 Å². The van der Waals surface area contributed by atoms with Crippen molar-refractivity contribution in [3.05, 3.63) is 0 Å². The Kier molecular flexibility index (Phi) is 9.41. The first-order valence-electron chi connectivity index (χ1n) is 5.42. The molecule has 0 aliphatic heterocycles. The lowest BCUT2D eigenvalue weighted by Crippen LogP contribution is -1.89. The van der Waals surface area contributed by atoms with Crippen LogP contribution in [0.4, 0.5) is 0 Å². The van der Waals surface area contributed by atoms with Gasteiger partial charge in [-0.3, -0.25) is 4.79 Å². The van der Waals surface area contributed by atoms with Gasteiger partial charge in [0.1, 0.15) is 6.11 Å². The summed E-state index contributed by atoms with van der Waals surface area (Å²) in [6.07, 6.45) is 10.8. The van der Waals surface area contributed by atoms with Crippen LogP contribution in [0.5, 0.6) is 0 Å². The monoisotopic (exact) mass is 196 g/mol. The van der Waals surface area contributed by atoms with E-state index in [4.69, 9.17) is 0 Å². The fourth-order valence-electron chi connectivity index (χ4n) is 1.15. The number of carbonyl (C=O) groups excluding carboxylic acids is 1. The topological polar surface area (TPSA) is 26.3 Å². The van der Waals surface area contributed by atoms with E-state index in [1.165, 1.54) is 39.0 Å². The lowest BCUT2D eigenvalue weighted by molar-refractivity contribution is -0.134. The second-order valence-corrected chi connectivity index (χ2v) is 3.39. The summed E-state index contributed by atoms with van der Waals surface area (Å²) in [5.74, 6) is 2.48. The molecule has 0 aliphatic rings. The summed E-state index contributed by atoms with van der Waals surface area (Å²) >= 11 is 0. The summed E-state index contributed by atoms with van der Waals surface area (Å²) < 4.78 is 4.49. The summed E-state index contributed by atoms with van der Waals surface area (Å²) in [6.45, 7) is 3.57. The zero-order valence-corrected chi connectivity index (χ0v) is 9.27. The predicted octanol–water partition coefficient (Wildman–Crippen LogP) is 3.26. The van der Waals surface area contributed by atoms with Gasteiger partial charge in [-0.15, -0.1) is 0 Å². The summed E-state index contributed by atoms with van der Waals surface area (Å²) in [6, 6.07) is 0. The minimum absolute atomic E-state index is 0.333. The molecular weight excluding hydrogens is 176 g/mol. The van der Waals surface area contributed by atoms with E-state index in [1.807, 2.05) is 0 Å². The largest absolute Gasteiger partial charge is 0.372 e. The maximum atomic E-state index is 10.3. The van der Waals surface area contributed by atoms with Gasteiger partial charge in [-0.25, -0.2) is 0 Å². The van der Waals surface area contributed by atoms with Crippen LogP contribution in [0.2, 0.25) is 0 Å². The van der Waals surface area contributed by atoms with Crippen molar-refractivity contribution >= 4 is 5.97 Å². The van der Waals surface area contributed by atoms with E-state index in [9.17, 15) is 4.79 Å². The first-order chi connectivity index (χ1) is 6.77. The van der Waals surface area contributed by atoms with Crippen molar-refractivity contribution in [2.24, 2.45) is 0 Å². The van der Waals surface area contributed by atoms with E-state index >= 15 is 0 Å².